The normalized spacial score (nSPS) is 10.1. The van der Waals surface area contributed by atoms with Crippen LogP contribution in [0.1, 0.15) is 5.69 Å². The summed E-state index contributed by atoms with van der Waals surface area (Å²) in [5.41, 5.74) is 0.972. The van der Waals surface area contributed by atoms with E-state index in [1.165, 1.54) is 0 Å². The van der Waals surface area contributed by atoms with Crippen LogP contribution in [-0.4, -0.2) is 42.4 Å². The lowest BCUT2D eigenvalue weighted by atomic mass is 10.3. The number of imidazole rings is 1. The molecule has 0 spiro atoms. The van der Waals surface area contributed by atoms with Gasteiger partial charge in [-0.3, -0.25) is 0 Å². The number of hydrogen-bond acceptors (Lipinski definition) is 3. The number of nitrogens with one attached hydrogen (secondary N) is 2. The fourth-order valence-electron chi connectivity index (χ4n) is 1.23. The molecule has 0 fully saturated rings. The number of carbonyl (C=O) groups excluding carboxylic acids is 1. The summed E-state index contributed by atoms with van der Waals surface area (Å²) in [6.45, 7) is 1.62. The maximum Gasteiger partial charge on any atom is 0.314 e. The number of aromatic nitrogens is 2. The van der Waals surface area contributed by atoms with Gasteiger partial charge in [0.25, 0.3) is 0 Å². The van der Waals surface area contributed by atoms with Gasteiger partial charge >= 0.3 is 6.03 Å². The van der Waals surface area contributed by atoms with E-state index < -0.39 is 0 Å². The van der Waals surface area contributed by atoms with E-state index >= 15 is 0 Å². The molecule has 0 unspecified atom stereocenters. The zero-order valence-corrected chi connectivity index (χ0v) is 9.69. The van der Waals surface area contributed by atoms with Gasteiger partial charge in [-0.1, -0.05) is 0 Å². The maximum atomic E-state index is 11.2. The van der Waals surface area contributed by atoms with Crippen LogP contribution in [0.3, 0.4) is 0 Å². The van der Waals surface area contributed by atoms with E-state index in [4.69, 9.17) is 4.74 Å². The van der Waals surface area contributed by atoms with Gasteiger partial charge in [0.1, 0.15) is 0 Å². The van der Waals surface area contributed by atoms with Crippen molar-refractivity contribution in [3.05, 3.63) is 18.2 Å². The van der Waals surface area contributed by atoms with Crippen molar-refractivity contribution in [1.29, 1.82) is 0 Å². The minimum absolute atomic E-state index is 0.173. The molecule has 6 nitrogen and oxygen atoms in total. The molecule has 16 heavy (non-hydrogen) atoms. The van der Waals surface area contributed by atoms with Crippen LogP contribution in [0.5, 0.6) is 0 Å². The molecule has 0 aliphatic rings. The number of ether oxygens (including phenoxy) is 1. The van der Waals surface area contributed by atoms with Crippen LogP contribution in [0.25, 0.3) is 0 Å². The first-order valence-corrected chi connectivity index (χ1v) is 5.20. The zero-order chi connectivity index (χ0) is 11.8. The number of hydrogen-bond donors (Lipinski definition) is 2. The third-order valence-electron chi connectivity index (χ3n) is 2.02. The largest absolute Gasteiger partial charge is 0.383 e. The van der Waals surface area contributed by atoms with Gasteiger partial charge in [0, 0.05) is 39.9 Å². The highest BCUT2D eigenvalue weighted by Gasteiger charge is 2.00. The summed E-state index contributed by atoms with van der Waals surface area (Å²) in [7, 11) is 3.52. The molecule has 2 amide bonds. The Kier molecular flexibility index (Phi) is 5.35. The van der Waals surface area contributed by atoms with Crippen LogP contribution in [0, 0.1) is 0 Å². The highest BCUT2D eigenvalue weighted by atomic mass is 16.5. The molecule has 1 rings (SSSR count). The van der Waals surface area contributed by atoms with Crippen molar-refractivity contribution in [3.8, 4) is 0 Å². The van der Waals surface area contributed by atoms with Crippen molar-refractivity contribution in [2.75, 3.05) is 26.8 Å². The van der Waals surface area contributed by atoms with E-state index in [-0.39, 0.29) is 6.03 Å². The molecule has 1 aromatic rings. The smallest absolute Gasteiger partial charge is 0.314 e. The Bertz CT molecular complexity index is 324. The Balaban J connectivity index is 2.08. The Labute approximate surface area is 95.0 Å². The van der Waals surface area contributed by atoms with E-state index in [0.717, 1.165) is 12.1 Å². The van der Waals surface area contributed by atoms with Gasteiger partial charge in [-0.15, -0.1) is 0 Å². The zero-order valence-electron chi connectivity index (χ0n) is 9.69. The average Bonchev–Trinajstić information content (AvgIpc) is 2.65. The minimum atomic E-state index is -0.173. The summed E-state index contributed by atoms with van der Waals surface area (Å²) in [6, 6.07) is -0.173. The van der Waals surface area contributed by atoms with Crippen molar-refractivity contribution < 1.29 is 9.53 Å². The van der Waals surface area contributed by atoms with E-state index in [9.17, 15) is 4.79 Å². The van der Waals surface area contributed by atoms with Gasteiger partial charge in [0.2, 0.25) is 0 Å². The number of methoxy groups -OCH3 is 1. The predicted octanol–water partition coefficient (Wildman–Crippen LogP) is -0.0918. The third kappa shape index (κ3) is 4.79. The van der Waals surface area contributed by atoms with E-state index in [1.807, 2.05) is 17.8 Å². The molecule has 0 aliphatic carbocycles. The second-order valence-electron chi connectivity index (χ2n) is 3.46. The van der Waals surface area contributed by atoms with Gasteiger partial charge in [-0.2, -0.15) is 0 Å². The number of carbonyl (C=O) groups is 1. The average molecular weight is 226 g/mol. The van der Waals surface area contributed by atoms with Crippen LogP contribution in [0.4, 0.5) is 4.79 Å². The molecule has 0 aliphatic heterocycles. The molecule has 0 saturated carbocycles. The lowest BCUT2D eigenvalue weighted by Gasteiger charge is -2.05. The summed E-state index contributed by atoms with van der Waals surface area (Å²) < 4.78 is 6.70. The highest BCUT2D eigenvalue weighted by molar-refractivity contribution is 5.73. The molecule has 0 saturated heterocycles. The van der Waals surface area contributed by atoms with Crippen molar-refractivity contribution >= 4 is 6.03 Å². The van der Waals surface area contributed by atoms with Gasteiger partial charge in [-0.05, 0) is 0 Å². The Morgan fingerprint density at radius 3 is 2.88 bits per heavy atom. The standard InChI is InChI=1S/C10H18N4O2/c1-14-7-9(13-8-14)3-4-11-10(15)12-5-6-16-2/h7-8H,3-6H2,1-2H3,(H2,11,12,15). The molecule has 0 atom stereocenters. The van der Waals surface area contributed by atoms with Crippen molar-refractivity contribution in [2.45, 2.75) is 6.42 Å². The lowest BCUT2D eigenvalue weighted by Crippen LogP contribution is -2.38. The van der Waals surface area contributed by atoms with Crippen molar-refractivity contribution in [1.82, 2.24) is 20.2 Å². The van der Waals surface area contributed by atoms with Gasteiger partial charge < -0.3 is 19.9 Å². The summed E-state index contributed by atoms with van der Waals surface area (Å²) in [4.78, 5) is 15.4. The molecule has 1 aromatic heterocycles. The molecule has 0 aromatic carbocycles. The van der Waals surface area contributed by atoms with Crippen LogP contribution in [0.15, 0.2) is 12.5 Å². The highest BCUT2D eigenvalue weighted by Crippen LogP contribution is 1.93. The molecule has 1 heterocycles. The lowest BCUT2D eigenvalue weighted by molar-refractivity contribution is 0.196. The molecular weight excluding hydrogens is 208 g/mol. The fraction of sp³-hybridized carbons (Fsp3) is 0.600. The maximum absolute atomic E-state index is 11.2. The number of amides is 2. The molecule has 90 valence electrons. The summed E-state index contributed by atoms with van der Waals surface area (Å²) in [6.07, 6.45) is 4.41. The monoisotopic (exact) mass is 226 g/mol. The molecule has 2 N–H and O–H groups in total. The first-order valence-electron chi connectivity index (χ1n) is 5.20. The number of nitrogens with zero attached hydrogens (tertiary/aromatic N) is 2. The Morgan fingerprint density at radius 1 is 1.50 bits per heavy atom. The Hall–Kier alpha value is -1.56. The van der Waals surface area contributed by atoms with Crippen molar-refractivity contribution in [3.63, 3.8) is 0 Å². The van der Waals surface area contributed by atoms with Crippen LogP contribution in [-0.2, 0) is 18.2 Å². The SMILES string of the molecule is COCCNC(=O)NCCc1cn(C)cn1. The molecular formula is C10H18N4O2. The topological polar surface area (TPSA) is 68.2 Å². The summed E-state index contributed by atoms with van der Waals surface area (Å²) in [5.74, 6) is 0. The molecule has 6 heteroatoms. The first kappa shape index (κ1) is 12.5. The fourth-order valence-corrected chi connectivity index (χ4v) is 1.23. The molecule has 0 bridgehead atoms. The van der Waals surface area contributed by atoms with Gasteiger partial charge in [0.05, 0.1) is 18.6 Å². The van der Waals surface area contributed by atoms with Crippen LogP contribution in [0.2, 0.25) is 0 Å². The quantitative estimate of drug-likeness (QED) is 0.666. The first-order chi connectivity index (χ1) is 7.72. The Morgan fingerprint density at radius 2 is 2.25 bits per heavy atom. The second-order valence-corrected chi connectivity index (χ2v) is 3.46. The van der Waals surface area contributed by atoms with Crippen molar-refractivity contribution in [2.24, 2.45) is 7.05 Å². The number of rotatable bonds is 6. The minimum Gasteiger partial charge on any atom is -0.383 e. The molecule has 0 radical (unpaired) electrons. The summed E-state index contributed by atoms with van der Waals surface area (Å²) in [5, 5.41) is 5.42. The van der Waals surface area contributed by atoms with E-state index in [1.54, 1.807) is 13.4 Å². The third-order valence-corrected chi connectivity index (χ3v) is 2.02. The number of aryl methyl sites for hydroxylation is 1. The van der Waals surface area contributed by atoms with E-state index in [2.05, 4.69) is 15.6 Å². The second kappa shape index (κ2) is 6.84. The van der Waals surface area contributed by atoms with Gasteiger partial charge in [-0.25, -0.2) is 9.78 Å². The van der Waals surface area contributed by atoms with E-state index in [0.29, 0.717) is 19.7 Å². The van der Waals surface area contributed by atoms with Crippen LogP contribution < -0.4 is 10.6 Å². The van der Waals surface area contributed by atoms with Crippen LogP contribution >= 0.6 is 0 Å². The van der Waals surface area contributed by atoms with Gasteiger partial charge in [0.15, 0.2) is 0 Å². The summed E-state index contributed by atoms with van der Waals surface area (Å²) >= 11 is 0. The predicted molar refractivity (Wildman–Crippen MR) is 60.2 cm³/mol. The number of urea groups is 1.